The van der Waals surface area contributed by atoms with Crippen LogP contribution in [0.3, 0.4) is 0 Å². The second kappa shape index (κ2) is 67.9. The van der Waals surface area contributed by atoms with Gasteiger partial charge in [0.1, 0.15) is 19.3 Å². The summed E-state index contributed by atoms with van der Waals surface area (Å²) < 4.78 is 68.5. The van der Waals surface area contributed by atoms with Gasteiger partial charge in [0.25, 0.3) is 0 Å². The lowest BCUT2D eigenvalue weighted by atomic mass is 10.0. The molecule has 95 heavy (non-hydrogen) atoms. The molecule has 0 saturated carbocycles. The molecule has 0 amide bonds. The van der Waals surface area contributed by atoms with E-state index in [1.165, 1.54) is 205 Å². The van der Waals surface area contributed by atoms with Crippen LogP contribution in [0.5, 0.6) is 0 Å². The quantitative estimate of drug-likeness (QED) is 0.0222. The molecule has 0 heterocycles. The molecule has 0 rings (SSSR count). The molecular weight excluding hydrogens is 1250 g/mol. The van der Waals surface area contributed by atoms with Crippen molar-refractivity contribution in [3.63, 3.8) is 0 Å². The van der Waals surface area contributed by atoms with E-state index < -0.39 is 97.5 Å². The average molecular weight is 1400 g/mol. The van der Waals surface area contributed by atoms with Gasteiger partial charge in [0, 0.05) is 25.7 Å². The maximum Gasteiger partial charge on any atom is 0.472 e. The normalized spacial score (nSPS) is 14.0. The van der Waals surface area contributed by atoms with Crippen molar-refractivity contribution in [1.29, 1.82) is 0 Å². The van der Waals surface area contributed by atoms with Crippen molar-refractivity contribution < 1.29 is 80.2 Å². The van der Waals surface area contributed by atoms with Crippen LogP contribution in [0.1, 0.15) is 395 Å². The molecule has 0 aliphatic carbocycles. The van der Waals surface area contributed by atoms with Crippen LogP contribution in [0.25, 0.3) is 0 Å². The summed E-state index contributed by atoms with van der Waals surface area (Å²) in [5, 5.41) is 10.6. The van der Waals surface area contributed by atoms with E-state index >= 15 is 0 Å². The second-order valence-electron chi connectivity index (χ2n) is 28.3. The summed E-state index contributed by atoms with van der Waals surface area (Å²) in [6.45, 7) is 9.62. The highest BCUT2D eigenvalue weighted by atomic mass is 31.2. The van der Waals surface area contributed by atoms with E-state index in [0.29, 0.717) is 25.7 Å². The zero-order chi connectivity index (χ0) is 70.0. The van der Waals surface area contributed by atoms with Crippen molar-refractivity contribution in [1.82, 2.24) is 0 Å². The second-order valence-corrected chi connectivity index (χ2v) is 31.3. The van der Waals surface area contributed by atoms with Crippen LogP contribution in [0.4, 0.5) is 0 Å². The van der Waals surface area contributed by atoms with E-state index in [0.717, 1.165) is 108 Å². The van der Waals surface area contributed by atoms with E-state index in [9.17, 15) is 43.2 Å². The van der Waals surface area contributed by atoms with Gasteiger partial charge < -0.3 is 33.8 Å². The Morgan fingerprint density at radius 2 is 0.484 bits per heavy atom. The van der Waals surface area contributed by atoms with Gasteiger partial charge in [-0.3, -0.25) is 37.3 Å². The van der Waals surface area contributed by atoms with Crippen molar-refractivity contribution in [3.8, 4) is 0 Å². The number of carbonyl (C=O) groups excluding carboxylic acids is 4. The molecule has 0 aromatic heterocycles. The molecule has 0 bridgehead atoms. The number of phosphoric ester groups is 2. The fourth-order valence-electron chi connectivity index (χ4n) is 11.7. The van der Waals surface area contributed by atoms with Crippen LogP contribution in [0, 0.1) is 11.8 Å². The highest BCUT2D eigenvalue weighted by Crippen LogP contribution is 2.45. The summed E-state index contributed by atoms with van der Waals surface area (Å²) in [6, 6.07) is 0. The van der Waals surface area contributed by atoms with Crippen molar-refractivity contribution in [2.24, 2.45) is 11.8 Å². The monoisotopic (exact) mass is 1400 g/mol. The first-order valence-electron chi connectivity index (χ1n) is 39.5. The molecule has 564 valence electrons. The van der Waals surface area contributed by atoms with E-state index in [-0.39, 0.29) is 25.7 Å². The smallest absolute Gasteiger partial charge is 0.462 e. The third-order valence-electron chi connectivity index (χ3n) is 17.7. The van der Waals surface area contributed by atoms with E-state index in [2.05, 4.69) is 41.5 Å². The first-order chi connectivity index (χ1) is 45.9. The van der Waals surface area contributed by atoms with Gasteiger partial charge in [0.05, 0.1) is 26.4 Å². The van der Waals surface area contributed by atoms with E-state index in [4.69, 9.17) is 37.0 Å². The Morgan fingerprint density at radius 3 is 0.716 bits per heavy atom. The maximum absolute atomic E-state index is 13.1. The number of carbonyl (C=O) groups is 4. The van der Waals surface area contributed by atoms with Crippen LogP contribution >= 0.6 is 15.6 Å². The fraction of sp³-hybridized carbons (Fsp3) is 0.947. The largest absolute Gasteiger partial charge is 0.472 e. The molecule has 0 aliphatic heterocycles. The molecule has 5 atom stereocenters. The standard InChI is InChI=1S/C76H148O17P2/c1-7-9-11-13-15-17-18-23-31-36-42-48-54-60-75(80)92-71(64-86-73(78)58-52-46-40-16-14-12-10-8-2)66-90-94(82,83)88-62-70(77)63-89-95(84,85)91-67-72(93-76(81)61-55-49-43-37-32-27-22-20-25-29-34-39-45-51-57-69(5)6)65-87-74(79)59-53-47-41-35-30-26-21-19-24-28-33-38-44-50-56-68(3)4/h68-72,77H,7-67H2,1-6H3,(H,82,83)(H,84,85)/t70-,71+,72+/m0/s1. The van der Waals surface area contributed by atoms with Crippen molar-refractivity contribution in [2.45, 2.75) is 413 Å². The molecule has 19 heteroatoms. The molecule has 0 radical (unpaired) electrons. The summed E-state index contributed by atoms with van der Waals surface area (Å²) in [5.41, 5.74) is 0. The number of aliphatic hydroxyl groups is 1. The predicted molar refractivity (Wildman–Crippen MR) is 386 cm³/mol. The minimum Gasteiger partial charge on any atom is -0.462 e. The minimum absolute atomic E-state index is 0.108. The number of hydrogen-bond acceptors (Lipinski definition) is 15. The van der Waals surface area contributed by atoms with E-state index in [1.54, 1.807) is 0 Å². The number of esters is 4. The van der Waals surface area contributed by atoms with Crippen LogP contribution in [-0.2, 0) is 65.4 Å². The highest BCUT2D eigenvalue weighted by molar-refractivity contribution is 7.47. The Bertz CT molecular complexity index is 1840. The van der Waals surface area contributed by atoms with Crippen LogP contribution in [0.15, 0.2) is 0 Å². The Morgan fingerprint density at radius 1 is 0.284 bits per heavy atom. The zero-order valence-corrected chi connectivity index (χ0v) is 63.8. The first kappa shape index (κ1) is 93.1. The number of phosphoric acid groups is 2. The lowest BCUT2D eigenvalue weighted by Crippen LogP contribution is -2.30. The first-order valence-corrected chi connectivity index (χ1v) is 42.5. The minimum atomic E-state index is -4.96. The molecule has 0 aromatic carbocycles. The number of hydrogen-bond donors (Lipinski definition) is 3. The van der Waals surface area contributed by atoms with Gasteiger partial charge >= 0.3 is 39.5 Å². The van der Waals surface area contributed by atoms with Crippen molar-refractivity contribution in [2.75, 3.05) is 39.6 Å². The molecule has 2 unspecified atom stereocenters. The molecule has 0 aromatic rings. The summed E-state index contributed by atoms with van der Waals surface area (Å²) in [7, 11) is -9.91. The molecule has 17 nitrogen and oxygen atoms in total. The Labute approximate surface area is 581 Å². The molecule has 0 aliphatic rings. The lowest BCUT2D eigenvalue weighted by molar-refractivity contribution is -0.161. The number of rotatable bonds is 75. The van der Waals surface area contributed by atoms with Gasteiger partial charge in [-0.05, 0) is 37.5 Å². The summed E-state index contributed by atoms with van der Waals surface area (Å²) in [5.74, 6) is -0.522. The van der Waals surface area contributed by atoms with E-state index in [1.807, 2.05) is 0 Å². The summed E-state index contributed by atoms with van der Waals surface area (Å²) in [4.78, 5) is 72.7. The Hall–Kier alpha value is -1.94. The van der Waals surface area contributed by atoms with Gasteiger partial charge in [-0.2, -0.15) is 0 Å². The fourth-order valence-corrected chi connectivity index (χ4v) is 13.2. The average Bonchev–Trinajstić information content (AvgIpc) is 1.81. The predicted octanol–water partition coefficient (Wildman–Crippen LogP) is 22.3. The number of unbranched alkanes of at least 4 members (excludes halogenated alkanes) is 45. The van der Waals surface area contributed by atoms with Gasteiger partial charge in [0.2, 0.25) is 0 Å². The molecule has 0 saturated heterocycles. The topological polar surface area (TPSA) is 237 Å². The molecular formula is C76H148O17P2. The molecule has 3 N–H and O–H groups in total. The third kappa shape index (κ3) is 70.3. The van der Waals surface area contributed by atoms with Crippen molar-refractivity contribution >= 4 is 39.5 Å². The summed E-state index contributed by atoms with van der Waals surface area (Å²) >= 11 is 0. The molecule has 0 spiro atoms. The highest BCUT2D eigenvalue weighted by Gasteiger charge is 2.30. The zero-order valence-electron chi connectivity index (χ0n) is 62.0. The maximum atomic E-state index is 13.1. The van der Waals surface area contributed by atoms with Gasteiger partial charge in [-0.25, -0.2) is 9.13 Å². The summed E-state index contributed by atoms with van der Waals surface area (Å²) in [6.07, 6.45) is 55.4. The Kier molecular flexibility index (Phi) is 66.5. The van der Waals surface area contributed by atoms with Crippen LogP contribution in [0.2, 0.25) is 0 Å². The lowest BCUT2D eigenvalue weighted by Gasteiger charge is -2.21. The SMILES string of the molecule is CCCCCCCCCCCCCCCC(=O)O[C@H](COC(=O)CCCCCCCCCC)COP(=O)(O)OC[C@H](O)COP(=O)(O)OC[C@@H](COC(=O)CCCCCCCCCCCCCCCCC(C)C)OC(=O)CCCCCCCCCCCCCCCCC(C)C. The van der Waals surface area contributed by atoms with Gasteiger partial charge in [-0.1, -0.05) is 343 Å². The number of ether oxygens (including phenoxy) is 4. The Balaban J connectivity index is 5.21. The van der Waals surface area contributed by atoms with Crippen molar-refractivity contribution in [3.05, 3.63) is 0 Å². The van der Waals surface area contributed by atoms with Gasteiger partial charge in [0.15, 0.2) is 12.2 Å². The van der Waals surface area contributed by atoms with Crippen LogP contribution < -0.4 is 0 Å². The third-order valence-corrected chi connectivity index (χ3v) is 19.6. The van der Waals surface area contributed by atoms with Crippen LogP contribution in [-0.4, -0.2) is 96.7 Å². The van der Waals surface area contributed by atoms with Gasteiger partial charge in [-0.15, -0.1) is 0 Å². The number of aliphatic hydroxyl groups excluding tert-OH is 1. The molecule has 0 fully saturated rings.